The molecule has 0 aliphatic carbocycles. The van der Waals surface area contributed by atoms with Gasteiger partial charge >= 0.3 is 0 Å². The van der Waals surface area contributed by atoms with Crippen LogP contribution < -0.4 is 4.74 Å². The topological polar surface area (TPSA) is 60.4 Å². The second kappa shape index (κ2) is 10.1. The summed E-state index contributed by atoms with van der Waals surface area (Å²) in [5.74, 6) is 0.257. The fourth-order valence-corrected chi connectivity index (χ4v) is 4.78. The molecule has 0 aliphatic heterocycles. The van der Waals surface area contributed by atoms with Gasteiger partial charge in [0.15, 0.2) is 9.84 Å². The van der Waals surface area contributed by atoms with Gasteiger partial charge in [0.25, 0.3) is 0 Å². The van der Waals surface area contributed by atoms with E-state index in [2.05, 4.69) is 0 Å². The molecule has 0 radical (unpaired) electrons. The first kappa shape index (κ1) is 24.9. The molecule has 0 spiro atoms. The Bertz CT molecular complexity index is 1230. The average Bonchev–Trinajstić information content (AvgIpc) is 2.75. The lowest BCUT2D eigenvalue weighted by atomic mass is 9.97. The van der Waals surface area contributed by atoms with Gasteiger partial charge in [-0.1, -0.05) is 48.9 Å². The second-order valence-electron chi connectivity index (χ2n) is 8.32. The van der Waals surface area contributed by atoms with Crippen molar-refractivity contribution in [2.75, 3.05) is 5.75 Å². The summed E-state index contributed by atoms with van der Waals surface area (Å²) in [5.41, 5.74) is 1.50. The van der Waals surface area contributed by atoms with Gasteiger partial charge in [-0.3, -0.25) is 4.79 Å². The Kier molecular flexibility index (Phi) is 7.60. The highest BCUT2D eigenvalue weighted by Crippen LogP contribution is 2.33. The van der Waals surface area contributed by atoms with E-state index in [0.29, 0.717) is 16.3 Å². The summed E-state index contributed by atoms with van der Waals surface area (Å²) in [6, 6.07) is 17.9. The van der Waals surface area contributed by atoms with Crippen LogP contribution in [0.5, 0.6) is 5.75 Å². The van der Waals surface area contributed by atoms with Gasteiger partial charge in [0.1, 0.15) is 23.0 Å². The van der Waals surface area contributed by atoms with E-state index in [1.54, 1.807) is 49.4 Å². The first-order chi connectivity index (χ1) is 15.5. The summed E-state index contributed by atoms with van der Waals surface area (Å²) in [5, 5.41) is 0.294. The molecule has 0 atom stereocenters. The molecule has 0 aromatic heterocycles. The summed E-state index contributed by atoms with van der Waals surface area (Å²) < 4.78 is 43.2. The zero-order valence-corrected chi connectivity index (χ0v) is 20.3. The quantitative estimate of drug-likeness (QED) is 0.374. The lowest BCUT2D eigenvalue weighted by Crippen LogP contribution is -2.25. The molecule has 0 fully saturated rings. The third kappa shape index (κ3) is 6.42. The van der Waals surface area contributed by atoms with Gasteiger partial charge in [-0.25, -0.2) is 12.8 Å². The normalized spacial score (nSPS) is 11.9. The van der Waals surface area contributed by atoms with Crippen molar-refractivity contribution in [3.05, 3.63) is 94.3 Å². The molecule has 0 saturated carbocycles. The van der Waals surface area contributed by atoms with Gasteiger partial charge in [0.2, 0.25) is 0 Å². The summed E-state index contributed by atoms with van der Waals surface area (Å²) >= 11 is 6.18. The molecule has 0 unspecified atom stereocenters. The monoisotopic (exact) mass is 488 g/mol. The highest BCUT2D eigenvalue weighted by atomic mass is 35.5. The number of ether oxygens (including phenoxy) is 1. The Labute approximate surface area is 199 Å². The van der Waals surface area contributed by atoms with Crippen LogP contribution in [-0.4, -0.2) is 20.0 Å². The summed E-state index contributed by atoms with van der Waals surface area (Å²) in [6.07, 6.45) is 0.475. The number of hydrogen-bond donors (Lipinski definition) is 0. The van der Waals surface area contributed by atoms with Crippen LogP contribution in [0, 0.1) is 5.82 Å². The van der Waals surface area contributed by atoms with Crippen LogP contribution >= 0.6 is 11.6 Å². The van der Waals surface area contributed by atoms with Gasteiger partial charge in [0, 0.05) is 18.4 Å². The Morgan fingerprint density at radius 3 is 2.00 bits per heavy atom. The van der Waals surface area contributed by atoms with Crippen molar-refractivity contribution in [1.29, 1.82) is 0 Å². The van der Waals surface area contributed by atoms with Gasteiger partial charge in [0.05, 0.1) is 15.7 Å². The largest absolute Gasteiger partial charge is 0.483 e. The van der Waals surface area contributed by atoms with Crippen LogP contribution in [-0.2, 0) is 33.1 Å². The van der Waals surface area contributed by atoms with Crippen molar-refractivity contribution in [1.82, 2.24) is 0 Å². The van der Waals surface area contributed by atoms with Crippen molar-refractivity contribution in [3.63, 3.8) is 0 Å². The van der Waals surface area contributed by atoms with E-state index in [9.17, 15) is 17.6 Å². The minimum atomic E-state index is -3.25. The number of halogens is 2. The van der Waals surface area contributed by atoms with Crippen molar-refractivity contribution >= 4 is 27.2 Å². The van der Waals surface area contributed by atoms with Gasteiger partial charge in [-0.15, -0.1) is 0 Å². The number of Topliss-reactive ketones (excluding diaryl/α,β-unsaturated/α-hetero) is 1. The first-order valence-corrected chi connectivity index (χ1v) is 12.6. The molecule has 33 heavy (non-hydrogen) atoms. The maximum atomic E-state index is 13.4. The Morgan fingerprint density at radius 2 is 1.48 bits per heavy atom. The molecule has 0 N–H and O–H groups in total. The number of carbonyl (C=O) groups is 1. The van der Waals surface area contributed by atoms with Crippen LogP contribution in [0.4, 0.5) is 4.39 Å². The molecule has 0 amide bonds. The molecule has 7 heteroatoms. The van der Waals surface area contributed by atoms with E-state index >= 15 is 0 Å². The second-order valence-corrected chi connectivity index (χ2v) is 11.0. The highest BCUT2D eigenvalue weighted by molar-refractivity contribution is 7.91. The Hall–Kier alpha value is -2.70. The Balaban J connectivity index is 1.61. The fraction of sp³-hybridized carbons (Fsp3) is 0.269. The van der Waals surface area contributed by atoms with Gasteiger partial charge in [-0.2, -0.15) is 0 Å². The molecule has 0 bridgehead atoms. The summed E-state index contributed by atoms with van der Waals surface area (Å²) in [4.78, 5) is 12.8. The summed E-state index contributed by atoms with van der Waals surface area (Å²) in [7, 11) is -3.25. The van der Waals surface area contributed by atoms with Crippen LogP contribution in [0.3, 0.4) is 0 Å². The fourth-order valence-electron chi connectivity index (χ4n) is 3.50. The van der Waals surface area contributed by atoms with Crippen molar-refractivity contribution in [3.8, 4) is 5.75 Å². The molecule has 174 valence electrons. The lowest BCUT2D eigenvalue weighted by molar-refractivity contribution is -0.117. The van der Waals surface area contributed by atoms with E-state index in [1.807, 2.05) is 26.0 Å². The Morgan fingerprint density at radius 1 is 0.939 bits per heavy atom. The number of benzene rings is 3. The van der Waals surface area contributed by atoms with Crippen LogP contribution in [0.2, 0.25) is 5.02 Å². The zero-order chi connectivity index (χ0) is 24.2. The molecule has 0 aliphatic rings. The lowest BCUT2D eigenvalue weighted by Gasteiger charge is -2.28. The van der Waals surface area contributed by atoms with Crippen LogP contribution in [0.15, 0.2) is 71.6 Å². The van der Waals surface area contributed by atoms with Crippen LogP contribution in [0.25, 0.3) is 0 Å². The van der Waals surface area contributed by atoms with E-state index in [1.165, 1.54) is 12.1 Å². The molecule has 0 heterocycles. The van der Waals surface area contributed by atoms with E-state index in [-0.39, 0.29) is 29.3 Å². The predicted molar refractivity (Wildman–Crippen MR) is 128 cm³/mol. The molecule has 3 aromatic rings. The number of carbonyl (C=O) groups excluding carboxylic acids is 1. The zero-order valence-electron chi connectivity index (χ0n) is 18.8. The molecular formula is C26H26ClFO4S. The minimum Gasteiger partial charge on any atom is -0.483 e. The molecule has 3 rings (SSSR count). The van der Waals surface area contributed by atoms with Crippen molar-refractivity contribution < 1.29 is 22.3 Å². The SMILES string of the molecule is CCS(=O)(=O)c1ccc(CC(=O)Cc2ccc(OC(C)(C)c3ccc(F)cc3Cl)cc2)cc1. The maximum Gasteiger partial charge on any atom is 0.178 e. The maximum absolute atomic E-state index is 13.4. The number of rotatable bonds is 9. The average molecular weight is 489 g/mol. The standard InChI is InChI=1S/C26H26ClFO4S/c1-4-33(30,31)23-12-7-19(8-13-23)16-21(29)15-18-5-10-22(11-6-18)32-26(2,3)24-14-9-20(28)17-25(24)27/h5-14,17H,4,15-16H2,1-3H3. The minimum absolute atomic E-state index is 0.0215. The summed E-state index contributed by atoms with van der Waals surface area (Å²) in [6.45, 7) is 5.29. The third-order valence-corrected chi connectivity index (χ3v) is 7.40. The first-order valence-electron chi connectivity index (χ1n) is 10.6. The third-order valence-electron chi connectivity index (χ3n) is 5.34. The van der Waals surface area contributed by atoms with E-state index in [0.717, 1.165) is 11.1 Å². The highest BCUT2D eigenvalue weighted by Gasteiger charge is 2.25. The molecular weight excluding hydrogens is 463 g/mol. The van der Waals surface area contributed by atoms with Crippen LogP contribution in [0.1, 0.15) is 37.5 Å². The molecule has 0 saturated heterocycles. The van der Waals surface area contributed by atoms with Gasteiger partial charge < -0.3 is 4.74 Å². The van der Waals surface area contributed by atoms with Crippen molar-refractivity contribution in [2.45, 2.75) is 44.1 Å². The molecule has 4 nitrogen and oxygen atoms in total. The number of ketones is 1. The number of sulfone groups is 1. The number of hydrogen-bond acceptors (Lipinski definition) is 4. The predicted octanol–water partition coefficient (Wildman–Crippen LogP) is 5.94. The molecule has 3 aromatic carbocycles. The van der Waals surface area contributed by atoms with Crippen molar-refractivity contribution in [2.24, 2.45) is 0 Å². The van der Waals surface area contributed by atoms with E-state index in [4.69, 9.17) is 16.3 Å². The smallest absolute Gasteiger partial charge is 0.178 e. The van der Waals surface area contributed by atoms with E-state index < -0.39 is 21.3 Å². The van der Waals surface area contributed by atoms with Gasteiger partial charge in [-0.05, 0) is 61.4 Å².